The standard InChI is InChI=1S/C23H24N2O3/c1-4-15-24-23(27)19-13-14-21(26)25(17-11-9-16(2)10-12-17)22(19)18-7-5-6-8-20(18)28-3/h1,5-12,19,22H,13-15H2,2-3H3,(H,24,27)/t19-,22-/m0/s1. The van der Waals surface area contributed by atoms with Gasteiger partial charge in [-0.15, -0.1) is 6.42 Å². The Labute approximate surface area is 165 Å². The summed E-state index contributed by atoms with van der Waals surface area (Å²) in [5.74, 6) is 2.49. The summed E-state index contributed by atoms with van der Waals surface area (Å²) in [6, 6.07) is 14.8. The van der Waals surface area contributed by atoms with E-state index in [1.807, 2.05) is 55.5 Å². The first-order chi connectivity index (χ1) is 13.6. The highest BCUT2D eigenvalue weighted by Crippen LogP contribution is 2.43. The van der Waals surface area contributed by atoms with Crippen LogP contribution < -0.4 is 15.0 Å². The molecule has 0 aliphatic carbocycles. The van der Waals surface area contributed by atoms with Crippen LogP contribution in [0.5, 0.6) is 5.75 Å². The SMILES string of the molecule is C#CCNC(=O)[C@H]1CCC(=O)N(c2ccc(C)cc2)[C@H]1c1ccccc1OC. The molecule has 0 spiro atoms. The largest absolute Gasteiger partial charge is 0.496 e. The number of benzene rings is 2. The van der Waals surface area contributed by atoms with E-state index in [0.29, 0.717) is 18.6 Å². The molecule has 0 radical (unpaired) electrons. The summed E-state index contributed by atoms with van der Waals surface area (Å²) >= 11 is 0. The lowest BCUT2D eigenvalue weighted by Gasteiger charge is -2.41. The van der Waals surface area contributed by atoms with Gasteiger partial charge in [0.1, 0.15) is 5.75 Å². The van der Waals surface area contributed by atoms with Crippen LogP contribution in [0.25, 0.3) is 0 Å². The van der Waals surface area contributed by atoms with E-state index in [-0.39, 0.29) is 18.4 Å². The van der Waals surface area contributed by atoms with Gasteiger partial charge >= 0.3 is 0 Å². The lowest BCUT2D eigenvalue weighted by molar-refractivity contribution is -0.129. The van der Waals surface area contributed by atoms with E-state index < -0.39 is 12.0 Å². The van der Waals surface area contributed by atoms with Crippen molar-refractivity contribution in [1.82, 2.24) is 5.32 Å². The molecule has 1 saturated heterocycles. The molecule has 144 valence electrons. The van der Waals surface area contributed by atoms with Crippen LogP contribution in [0.4, 0.5) is 5.69 Å². The molecule has 2 amide bonds. The maximum Gasteiger partial charge on any atom is 0.227 e. The van der Waals surface area contributed by atoms with Crippen LogP contribution in [0.2, 0.25) is 0 Å². The third kappa shape index (κ3) is 3.86. The van der Waals surface area contributed by atoms with Crippen LogP contribution in [0.1, 0.15) is 30.0 Å². The molecule has 3 rings (SSSR count). The maximum absolute atomic E-state index is 13.0. The van der Waals surface area contributed by atoms with E-state index in [0.717, 1.165) is 16.8 Å². The van der Waals surface area contributed by atoms with Gasteiger partial charge in [0.2, 0.25) is 11.8 Å². The lowest BCUT2D eigenvalue weighted by atomic mass is 9.82. The molecule has 1 heterocycles. The monoisotopic (exact) mass is 376 g/mol. The number of para-hydroxylation sites is 1. The van der Waals surface area contributed by atoms with Crippen LogP contribution in [0, 0.1) is 25.2 Å². The second-order valence-electron chi connectivity index (χ2n) is 6.85. The van der Waals surface area contributed by atoms with Crippen molar-refractivity contribution in [3.8, 4) is 18.1 Å². The average Bonchev–Trinajstić information content (AvgIpc) is 2.72. The zero-order valence-corrected chi connectivity index (χ0v) is 16.1. The summed E-state index contributed by atoms with van der Waals surface area (Å²) < 4.78 is 5.54. The van der Waals surface area contributed by atoms with Crippen LogP contribution >= 0.6 is 0 Å². The number of hydrogen-bond donors (Lipinski definition) is 1. The van der Waals surface area contributed by atoms with E-state index in [1.54, 1.807) is 12.0 Å². The molecule has 0 unspecified atom stereocenters. The van der Waals surface area contributed by atoms with Gasteiger partial charge in [-0.3, -0.25) is 9.59 Å². The number of aryl methyl sites for hydroxylation is 1. The van der Waals surface area contributed by atoms with E-state index in [4.69, 9.17) is 11.2 Å². The Hall–Kier alpha value is -3.26. The van der Waals surface area contributed by atoms with Crippen molar-refractivity contribution in [1.29, 1.82) is 0 Å². The molecule has 1 N–H and O–H groups in total. The molecule has 2 atom stereocenters. The number of nitrogens with zero attached hydrogens (tertiary/aromatic N) is 1. The number of nitrogens with one attached hydrogen (secondary N) is 1. The number of ether oxygens (including phenoxy) is 1. The first-order valence-electron chi connectivity index (χ1n) is 9.29. The number of terminal acetylenes is 1. The molecule has 28 heavy (non-hydrogen) atoms. The number of amides is 2. The quantitative estimate of drug-likeness (QED) is 0.815. The summed E-state index contributed by atoms with van der Waals surface area (Å²) in [6.45, 7) is 2.15. The fourth-order valence-electron chi connectivity index (χ4n) is 3.71. The van der Waals surface area contributed by atoms with Crippen LogP contribution in [-0.2, 0) is 9.59 Å². The molecule has 1 fully saturated rings. The molecule has 5 nitrogen and oxygen atoms in total. The minimum atomic E-state index is -0.474. The summed E-state index contributed by atoms with van der Waals surface area (Å²) in [7, 11) is 1.59. The van der Waals surface area contributed by atoms with Gasteiger partial charge in [-0.25, -0.2) is 0 Å². The molecular weight excluding hydrogens is 352 g/mol. The van der Waals surface area contributed by atoms with Gasteiger partial charge in [-0.1, -0.05) is 41.8 Å². The minimum Gasteiger partial charge on any atom is -0.496 e. The number of carbonyl (C=O) groups is 2. The van der Waals surface area contributed by atoms with Gasteiger partial charge in [0, 0.05) is 17.7 Å². The summed E-state index contributed by atoms with van der Waals surface area (Å²) in [4.78, 5) is 27.6. The first-order valence-corrected chi connectivity index (χ1v) is 9.29. The van der Waals surface area contributed by atoms with Gasteiger partial charge in [0.15, 0.2) is 0 Å². The maximum atomic E-state index is 13.0. The molecule has 0 bridgehead atoms. The number of hydrogen-bond acceptors (Lipinski definition) is 3. The topological polar surface area (TPSA) is 58.6 Å². The third-order valence-corrected chi connectivity index (χ3v) is 5.07. The Morgan fingerprint density at radius 3 is 2.64 bits per heavy atom. The second-order valence-corrected chi connectivity index (χ2v) is 6.85. The highest BCUT2D eigenvalue weighted by Gasteiger charge is 2.42. The molecule has 1 aliphatic rings. The molecule has 2 aromatic carbocycles. The van der Waals surface area contributed by atoms with E-state index in [1.165, 1.54) is 0 Å². The van der Waals surface area contributed by atoms with Crippen LogP contribution in [-0.4, -0.2) is 25.5 Å². The van der Waals surface area contributed by atoms with Crippen molar-refractivity contribution < 1.29 is 14.3 Å². The normalized spacial score (nSPS) is 19.0. The molecule has 1 aliphatic heterocycles. The van der Waals surface area contributed by atoms with Crippen molar-refractivity contribution in [3.05, 3.63) is 59.7 Å². The van der Waals surface area contributed by atoms with Crippen molar-refractivity contribution >= 4 is 17.5 Å². The van der Waals surface area contributed by atoms with Crippen LogP contribution in [0.15, 0.2) is 48.5 Å². The highest BCUT2D eigenvalue weighted by atomic mass is 16.5. The number of methoxy groups -OCH3 is 1. The summed E-state index contributed by atoms with van der Waals surface area (Å²) in [6.07, 6.45) is 6.06. The number of piperidine rings is 1. The lowest BCUT2D eigenvalue weighted by Crippen LogP contribution is -2.48. The van der Waals surface area contributed by atoms with Crippen molar-refractivity contribution in [2.45, 2.75) is 25.8 Å². The van der Waals surface area contributed by atoms with Crippen LogP contribution in [0.3, 0.4) is 0 Å². The Kier molecular flexibility index (Phi) is 6.00. The predicted molar refractivity (Wildman–Crippen MR) is 109 cm³/mol. The second kappa shape index (κ2) is 8.62. The third-order valence-electron chi connectivity index (χ3n) is 5.07. The fourth-order valence-corrected chi connectivity index (χ4v) is 3.71. The molecule has 2 aromatic rings. The summed E-state index contributed by atoms with van der Waals surface area (Å²) in [5, 5.41) is 2.78. The number of carbonyl (C=O) groups excluding carboxylic acids is 2. The Morgan fingerprint density at radius 1 is 1.25 bits per heavy atom. The van der Waals surface area contributed by atoms with Crippen molar-refractivity contribution in [2.75, 3.05) is 18.6 Å². The zero-order valence-electron chi connectivity index (χ0n) is 16.1. The van der Waals surface area contributed by atoms with E-state index >= 15 is 0 Å². The Bertz CT molecular complexity index is 899. The number of anilines is 1. The smallest absolute Gasteiger partial charge is 0.227 e. The summed E-state index contributed by atoms with van der Waals surface area (Å²) in [5.41, 5.74) is 2.67. The first kappa shape index (κ1) is 19.5. The molecular formula is C23H24N2O3. The zero-order chi connectivity index (χ0) is 20.1. The Balaban J connectivity index is 2.11. The molecule has 5 heteroatoms. The molecule has 0 saturated carbocycles. The van der Waals surface area contributed by atoms with Crippen molar-refractivity contribution in [2.24, 2.45) is 5.92 Å². The van der Waals surface area contributed by atoms with Gasteiger partial charge in [-0.2, -0.15) is 0 Å². The fraction of sp³-hybridized carbons (Fsp3) is 0.304. The van der Waals surface area contributed by atoms with E-state index in [2.05, 4.69) is 11.2 Å². The van der Waals surface area contributed by atoms with Gasteiger partial charge in [0.05, 0.1) is 25.6 Å². The van der Waals surface area contributed by atoms with Gasteiger partial charge < -0.3 is 15.0 Å². The van der Waals surface area contributed by atoms with Crippen molar-refractivity contribution in [3.63, 3.8) is 0 Å². The highest BCUT2D eigenvalue weighted by molar-refractivity contribution is 5.97. The average molecular weight is 376 g/mol. The van der Waals surface area contributed by atoms with Gasteiger partial charge in [-0.05, 0) is 31.5 Å². The predicted octanol–water partition coefficient (Wildman–Crippen LogP) is 3.24. The van der Waals surface area contributed by atoms with E-state index in [9.17, 15) is 9.59 Å². The Morgan fingerprint density at radius 2 is 1.96 bits per heavy atom. The minimum absolute atomic E-state index is 0.0132. The number of rotatable bonds is 5. The van der Waals surface area contributed by atoms with Gasteiger partial charge in [0.25, 0.3) is 0 Å². The molecule has 0 aromatic heterocycles.